The van der Waals surface area contributed by atoms with E-state index in [0.29, 0.717) is 18.4 Å². The molecule has 2 unspecified atom stereocenters. The van der Waals surface area contributed by atoms with Crippen LogP contribution in [0, 0.1) is 5.92 Å². The van der Waals surface area contributed by atoms with Crippen molar-refractivity contribution in [2.24, 2.45) is 5.92 Å². The number of hydrogen-bond donors (Lipinski definition) is 1. The van der Waals surface area contributed by atoms with E-state index in [4.69, 9.17) is 11.6 Å². The Bertz CT molecular complexity index is 441. The van der Waals surface area contributed by atoms with Gasteiger partial charge >= 0.3 is 0 Å². The van der Waals surface area contributed by atoms with Crippen LogP contribution in [-0.4, -0.2) is 11.7 Å². The first-order valence-electron chi connectivity index (χ1n) is 7.20. The highest BCUT2D eigenvalue weighted by Crippen LogP contribution is 2.43. The SMILES string of the molecule is OCC1CCC(c2ccc3c(c2Cl)CCCC3)C1. The Balaban J connectivity index is 1.89. The maximum Gasteiger partial charge on any atom is 0.0475 e. The fourth-order valence-electron chi connectivity index (χ4n) is 3.64. The van der Waals surface area contributed by atoms with Gasteiger partial charge in [-0.25, -0.2) is 0 Å². The predicted molar refractivity (Wildman–Crippen MR) is 75.3 cm³/mol. The van der Waals surface area contributed by atoms with Gasteiger partial charge in [-0.15, -0.1) is 0 Å². The van der Waals surface area contributed by atoms with Gasteiger partial charge in [0.05, 0.1) is 0 Å². The first kappa shape index (κ1) is 12.5. The minimum atomic E-state index is 0.332. The van der Waals surface area contributed by atoms with Crippen LogP contribution < -0.4 is 0 Å². The monoisotopic (exact) mass is 264 g/mol. The Hall–Kier alpha value is -0.530. The fraction of sp³-hybridized carbons (Fsp3) is 0.625. The minimum absolute atomic E-state index is 0.332. The summed E-state index contributed by atoms with van der Waals surface area (Å²) in [7, 11) is 0. The highest BCUT2D eigenvalue weighted by Gasteiger charge is 2.28. The molecule has 1 aromatic carbocycles. The highest BCUT2D eigenvalue weighted by molar-refractivity contribution is 6.32. The van der Waals surface area contributed by atoms with Gasteiger partial charge in [0.2, 0.25) is 0 Å². The largest absolute Gasteiger partial charge is 0.396 e. The number of hydrogen-bond acceptors (Lipinski definition) is 1. The van der Waals surface area contributed by atoms with E-state index in [1.807, 2.05) is 0 Å². The lowest BCUT2D eigenvalue weighted by Crippen LogP contribution is -2.07. The van der Waals surface area contributed by atoms with Crippen molar-refractivity contribution in [3.05, 3.63) is 33.8 Å². The molecule has 0 spiro atoms. The molecule has 2 heteroatoms. The first-order valence-corrected chi connectivity index (χ1v) is 7.58. The number of aliphatic hydroxyl groups is 1. The summed E-state index contributed by atoms with van der Waals surface area (Å²) in [6, 6.07) is 4.54. The van der Waals surface area contributed by atoms with E-state index in [0.717, 1.165) is 24.3 Å². The summed E-state index contributed by atoms with van der Waals surface area (Å²) in [5.74, 6) is 1.06. The van der Waals surface area contributed by atoms with Crippen molar-refractivity contribution < 1.29 is 5.11 Å². The van der Waals surface area contributed by atoms with Gasteiger partial charge in [-0.3, -0.25) is 0 Å². The van der Waals surface area contributed by atoms with Gasteiger partial charge in [-0.2, -0.15) is 0 Å². The van der Waals surface area contributed by atoms with Crippen molar-refractivity contribution >= 4 is 11.6 Å². The van der Waals surface area contributed by atoms with E-state index < -0.39 is 0 Å². The molecule has 2 aliphatic rings. The molecule has 0 radical (unpaired) electrons. The molecule has 0 bridgehead atoms. The fourth-order valence-corrected chi connectivity index (χ4v) is 4.07. The molecule has 2 aliphatic carbocycles. The molecule has 1 fully saturated rings. The van der Waals surface area contributed by atoms with Crippen LogP contribution in [0.1, 0.15) is 54.7 Å². The minimum Gasteiger partial charge on any atom is -0.396 e. The quantitative estimate of drug-likeness (QED) is 0.853. The van der Waals surface area contributed by atoms with Crippen LogP contribution in [0.15, 0.2) is 12.1 Å². The van der Waals surface area contributed by atoms with Crippen molar-refractivity contribution in [1.82, 2.24) is 0 Å². The summed E-state index contributed by atoms with van der Waals surface area (Å²) in [5, 5.41) is 10.3. The summed E-state index contributed by atoms with van der Waals surface area (Å²) >= 11 is 6.64. The van der Waals surface area contributed by atoms with Crippen LogP contribution in [0.2, 0.25) is 5.02 Å². The van der Waals surface area contributed by atoms with E-state index in [1.165, 1.54) is 42.4 Å². The maximum atomic E-state index is 9.26. The molecule has 0 amide bonds. The van der Waals surface area contributed by atoms with Gasteiger partial charge in [-0.1, -0.05) is 23.7 Å². The van der Waals surface area contributed by atoms with E-state index in [9.17, 15) is 5.11 Å². The third-order valence-electron chi connectivity index (χ3n) is 4.73. The van der Waals surface area contributed by atoms with Crippen molar-refractivity contribution in [1.29, 1.82) is 0 Å². The summed E-state index contributed by atoms with van der Waals surface area (Å²) in [4.78, 5) is 0. The van der Waals surface area contributed by atoms with Gasteiger partial charge in [0, 0.05) is 11.6 Å². The zero-order valence-corrected chi connectivity index (χ0v) is 11.5. The molecule has 0 saturated heterocycles. The van der Waals surface area contributed by atoms with Crippen molar-refractivity contribution in [3.8, 4) is 0 Å². The second-order valence-electron chi connectivity index (χ2n) is 5.87. The smallest absolute Gasteiger partial charge is 0.0475 e. The summed E-state index contributed by atoms with van der Waals surface area (Å²) < 4.78 is 0. The summed E-state index contributed by atoms with van der Waals surface area (Å²) in [6.45, 7) is 0.332. The Morgan fingerprint density at radius 2 is 2.00 bits per heavy atom. The molecule has 18 heavy (non-hydrogen) atoms. The average molecular weight is 265 g/mol. The van der Waals surface area contributed by atoms with Gasteiger partial charge in [0.15, 0.2) is 0 Å². The number of fused-ring (bicyclic) bond motifs is 1. The second-order valence-corrected chi connectivity index (χ2v) is 6.25. The molecule has 3 rings (SSSR count). The molecule has 1 aromatic rings. The predicted octanol–water partition coefficient (Wildman–Crippen LogP) is 4.09. The van der Waals surface area contributed by atoms with Crippen LogP contribution in [-0.2, 0) is 12.8 Å². The van der Waals surface area contributed by atoms with Gasteiger partial charge in [-0.05, 0) is 73.5 Å². The summed E-state index contributed by atoms with van der Waals surface area (Å²) in [6.07, 6.45) is 8.36. The molecular weight excluding hydrogens is 244 g/mol. The van der Waals surface area contributed by atoms with Crippen LogP contribution in [0.5, 0.6) is 0 Å². The molecule has 2 atom stereocenters. The van der Waals surface area contributed by atoms with Crippen molar-refractivity contribution in [2.75, 3.05) is 6.61 Å². The lowest BCUT2D eigenvalue weighted by molar-refractivity contribution is 0.229. The lowest BCUT2D eigenvalue weighted by atomic mass is 9.86. The normalized spacial score (nSPS) is 27.2. The van der Waals surface area contributed by atoms with Gasteiger partial charge in [0.25, 0.3) is 0 Å². The van der Waals surface area contributed by atoms with E-state index in [-0.39, 0.29) is 0 Å². The first-order chi connectivity index (χ1) is 8.79. The Labute approximate surface area is 114 Å². The number of benzene rings is 1. The lowest BCUT2D eigenvalue weighted by Gasteiger charge is -2.21. The molecule has 0 heterocycles. The van der Waals surface area contributed by atoms with Gasteiger partial charge in [0.1, 0.15) is 0 Å². The third kappa shape index (κ3) is 2.19. The van der Waals surface area contributed by atoms with E-state index in [1.54, 1.807) is 0 Å². The Morgan fingerprint density at radius 3 is 2.78 bits per heavy atom. The van der Waals surface area contributed by atoms with Crippen LogP contribution in [0.3, 0.4) is 0 Å². The van der Waals surface area contributed by atoms with Crippen molar-refractivity contribution in [2.45, 2.75) is 50.9 Å². The Kier molecular flexibility index (Phi) is 3.63. The van der Waals surface area contributed by atoms with Crippen LogP contribution in [0.4, 0.5) is 0 Å². The van der Waals surface area contributed by atoms with E-state index in [2.05, 4.69) is 12.1 Å². The zero-order valence-electron chi connectivity index (χ0n) is 10.8. The van der Waals surface area contributed by atoms with E-state index >= 15 is 0 Å². The second kappa shape index (κ2) is 5.22. The Morgan fingerprint density at radius 1 is 1.17 bits per heavy atom. The molecule has 0 aromatic heterocycles. The number of rotatable bonds is 2. The van der Waals surface area contributed by atoms with Gasteiger partial charge < -0.3 is 5.11 Å². The standard InChI is InChI=1S/C16H21ClO/c17-16-14-4-2-1-3-12(14)7-8-15(16)13-6-5-11(9-13)10-18/h7-8,11,13,18H,1-6,9-10H2. The molecule has 1 nitrogen and oxygen atoms in total. The average Bonchev–Trinajstić information content (AvgIpc) is 2.88. The number of aryl methyl sites for hydroxylation is 1. The van der Waals surface area contributed by atoms with Crippen LogP contribution in [0.25, 0.3) is 0 Å². The highest BCUT2D eigenvalue weighted by atomic mass is 35.5. The molecule has 0 aliphatic heterocycles. The molecule has 1 saturated carbocycles. The molecule has 98 valence electrons. The zero-order chi connectivity index (χ0) is 12.5. The van der Waals surface area contributed by atoms with Crippen LogP contribution >= 0.6 is 11.6 Å². The van der Waals surface area contributed by atoms with Crippen molar-refractivity contribution in [3.63, 3.8) is 0 Å². The maximum absolute atomic E-state index is 9.26. The number of halogens is 1. The third-order valence-corrected chi connectivity index (χ3v) is 5.18. The summed E-state index contributed by atoms with van der Waals surface area (Å²) in [5.41, 5.74) is 4.22. The molecule has 1 N–H and O–H groups in total. The topological polar surface area (TPSA) is 20.2 Å². The molecular formula is C16H21ClO. The number of aliphatic hydroxyl groups excluding tert-OH is 1.